The summed E-state index contributed by atoms with van der Waals surface area (Å²) in [6.07, 6.45) is 4.11. The molecule has 0 radical (unpaired) electrons. The van der Waals surface area contributed by atoms with Crippen LogP contribution in [-0.4, -0.2) is 34.2 Å². The zero-order chi connectivity index (χ0) is 20.1. The van der Waals surface area contributed by atoms with Crippen molar-refractivity contribution in [1.29, 1.82) is 0 Å². The molecule has 0 amide bonds. The second-order valence-corrected chi connectivity index (χ2v) is 7.70. The van der Waals surface area contributed by atoms with Crippen molar-refractivity contribution in [3.8, 4) is 17.0 Å². The van der Waals surface area contributed by atoms with Gasteiger partial charge in [0.1, 0.15) is 6.61 Å². The molecule has 1 atom stereocenters. The van der Waals surface area contributed by atoms with Gasteiger partial charge in [-0.25, -0.2) is 4.98 Å². The number of aliphatic hydroxyl groups excluding tert-OH is 1. The first-order valence-electron chi connectivity index (χ1n) is 10.3. The molecule has 1 aliphatic heterocycles. The topological polar surface area (TPSA) is 45.6 Å². The SMILES string of the molecule is Cc1c(COc2ccc(CN3CCC[C@H]3CO)cn2)cccc1-c1ccccc1. The number of nitrogens with zero attached hydrogens (tertiary/aromatic N) is 2. The number of hydrogen-bond acceptors (Lipinski definition) is 4. The molecule has 0 unspecified atom stereocenters. The largest absolute Gasteiger partial charge is 0.473 e. The molecular weight excluding hydrogens is 360 g/mol. The zero-order valence-corrected chi connectivity index (χ0v) is 16.9. The van der Waals surface area contributed by atoms with Crippen LogP contribution in [-0.2, 0) is 13.2 Å². The van der Waals surface area contributed by atoms with Gasteiger partial charge >= 0.3 is 0 Å². The second kappa shape index (κ2) is 9.21. The van der Waals surface area contributed by atoms with E-state index in [0.29, 0.717) is 12.5 Å². The maximum Gasteiger partial charge on any atom is 0.213 e. The first-order chi connectivity index (χ1) is 14.2. The zero-order valence-electron chi connectivity index (χ0n) is 16.9. The molecule has 1 N–H and O–H groups in total. The number of aromatic nitrogens is 1. The molecule has 2 heterocycles. The van der Waals surface area contributed by atoms with E-state index in [9.17, 15) is 5.11 Å². The highest BCUT2D eigenvalue weighted by molar-refractivity contribution is 5.68. The van der Waals surface area contributed by atoms with Gasteiger partial charge in [-0.05, 0) is 54.1 Å². The Morgan fingerprint density at radius 1 is 1.07 bits per heavy atom. The number of rotatable bonds is 7. The molecule has 4 heteroatoms. The summed E-state index contributed by atoms with van der Waals surface area (Å²) in [5, 5.41) is 9.47. The lowest BCUT2D eigenvalue weighted by Crippen LogP contribution is -2.31. The average Bonchev–Trinajstić information content (AvgIpc) is 3.22. The Bertz CT molecular complexity index is 925. The van der Waals surface area contributed by atoms with E-state index in [0.717, 1.165) is 31.5 Å². The van der Waals surface area contributed by atoms with Gasteiger partial charge in [0.05, 0.1) is 6.61 Å². The van der Waals surface area contributed by atoms with E-state index in [1.165, 1.54) is 22.3 Å². The van der Waals surface area contributed by atoms with Crippen LogP contribution < -0.4 is 4.74 Å². The van der Waals surface area contributed by atoms with Gasteiger partial charge in [0.25, 0.3) is 0 Å². The van der Waals surface area contributed by atoms with Crippen LogP contribution in [0.1, 0.15) is 29.5 Å². The number of ether oxygens (including phenoxy) is 1. The van der Waals surface area contributed by atoms with E-state index in [4.69, 9.17) is 4.74 Å². The molecule has 150 valence electrons. The lowest BCUT2D eigenvalue weighted by Gasteiger charge is -2.22. The minimum atomic E-state index is 0.232. The fourth-order valence-corrected chi connectivity index (χ4v) is 4.06. The van der Waals surface area contributed by atoms with Crippen LogP contribution >= 0.6 is 0 Å². The lowest BCUT2D eigenvalue weighted by molar-refractivity contribution is 0.153. The van der Waals surface area contributed by atoms with E-state index in [-0.39, 0.29) is 12.6 Å². The predicted molar refractivity (Wildman–Crippen MR) is 116 cm³/mol. The summed E-state index contributed by atoms with van der Waals surface area (Å²) in [4.78, 5) is 6.81. The van der Waals surface area contributed by atoms with Crippen molar-refractivity contribution >= 4 is 0 Å². The summed E-state index contributed by atoms with van der Waals surface area (Å²) in [5.41, 5.74) is 6.01. The molecule has 1 aromatic heterocycles. The van der Waals surface area contributed by atoms with E-state index in [1.54, 1.807) is 0 Å². The molecule has 0 aliphatic carbocycles. The highest BCUT2D eigenvalue weighted by atomic mass is 16.5. The predicted octanol–water partition coefficient (Wildman–Crippen LogP) is 4.59. The van der Waals surface area contributed by atoms with Crippen LogP contribution in [0.3, 0.4) is 0 Å². The summed E-state index contributed by atoms with van der Waals surface area (Å²) in [5.74, 6) is 0.637. The number of likely N-dealkylation sites (tertiary alicyclic amines) is 1. The van der Waals surface area contributed by atoms with Gasteiger partial charge in [-0.2, -0.15) is 0 Å². The van der Waals surface area contributed by atoms with E-state index >= 15 is 0 Å². The van der Waals surface area contributed by atoms with Crippen molar-refractivity contribution < 1.29 is 9.84 Å². The van der Waals surface area contributed by atoms with Crippen LogP contribution in [0.2, 0.25) is 0 Å². The molecule has 29 heavy (non-hydrogen) atoms. The first kappa shape index (κ1) is 19.6. The molecular formula is C25H28N2O2. The number of benzene rings is 2. The Kier molecular flexibility index (Phi) is 6.23. The Morgan fingerprint density at radius 2 is 1.93 bits per heavy atom. The fraction of sp³-hybridized carbons (Fsp3) is 0.320. The maximum absolute atomic E-state index is 9.47. The Hall–Kier alpha value is -2.69. The van der Waals surface area contributed by atoms with Crippen molar-refractivity contribution in [3.05, 3.63) is 83.6 Å². The molecule has 4 rings (SSSR count). The third-order valence-corrected chi connectivity index (χ3v) is 5.80. The van der Waals surface area contributed by atoms with Crippen molar-refractivity contribution in [1.82, 2.24) is 9.88 Å². The first-order valence-corrected chi connectivity index (χ1v) is 10.3. The van der Waals surface area contributed by atoms with Crippen molar-refractivity contribution in [2.45, 2.75) is 39.0 Å². The number of aliphatic hydroxyl groups is 1. The summed E-state index contributed by atoms with van der Waals surface area (Å²) in [6.45, 7) is 4.75. The van der Waals surface area contributed by atoms with Crippen LogP contribution in [0.15, 0.2) is 66.9 Å². The van der Waals surface area contributed by atoms with Gasteiger partial charge in [0.15, 0.2) is 0 Å². The highest BCUT2D eigenvalue weighted by Gasteiger charge is 2.23. The molecule has 2 aromatic carbocycles. The quantitative estimate of drug-likeness (QED) is 0.643. The molecule has 0 saturated carbocycles. The lowest BCUT2D eigenvalue weighted by atomic mass is 9.97. The Morgan fingerprint density at radius 3 is 2.69 bits per heavy atom. The average molecular weight is 389 g/mol. The number of pyridine rings is 1. The third kappa shape index (κ3) is 4.66. The molecule has 0 spiro atoms. The maximum atomic E-state index is 9.47. The Balaban J connectivity index is 1.39. The minimum Gasteiger partial charge on any atom is -0.473 e. The summed E-state index contributed by atoms with van der Waals surface area (Å²) < 4.78 is 5.97. The molecule has 3 aromatic rings. The minimum absolute atomic E-state index is 0.232. The van der Waals surface area contributed by atoms with E-state index in [1.807, 2.05) is 18.3 Å². The van der Waals surface area contributed by atoms with Crippen LogP contribution in [0.4, 0.5) is 0 Å². The number of hydrogen-bond donors (Lipinski definition) is 1. The monoisotopic (exact) mass is 388 g/mol. The molecule has 1 aliphatic rings. The summed E-state index contributed by atoms with van der Waals surface area (Å²) in [6, 6.07) is 21.1. The standard InChI is InChI=1S/C25H28N2O2/c1-19-22(9-5-11-24(19)21-7-3-2-4-8-21)18-29-25-13-12-20(15-26-25)16-27-14-6-10-23(27)17-28/h2-5,7-9,11-13,15,23,28H,6,10,14,16-18H2,1H3/t23-/m0/s1. The van der Waals surface area contributed by atoms with Crippen LogP contribution in [0, 0.1) is 6.92 Å². The van der Waals surface area contributed by atoms with E-state index < -0.39 is 0 Å². The highest BCUT2D eigenvalue weighted by Crippen LogP contribution is 2.26. The van der Waals surface area contributed by atoms with Gasteiger partial charge in [0, 0.05) is 24.8 Å². The van der Waals surface area contributed by atoms with Gasteiger partial charge in [0.2, 0.25) is 5.88 Å². The van der Waals surface area contributed by atoms with Crippen molar-refractivity contribution in [2.75, 3.05) is 13.2 Å². The van der Waals surface area contributed by atoms with Crippen molar-refractivity contribution in [2.24, 2.45) is 0 Å². The normalized spacial score (nSPS) is 16.8. The fourth-order valence-electron chi connectivity index (χ4n) is 4.06. The van der Waals surface area contributed by atoms with Crippen LogP contribution in [0.25, 0.3) is 11.1 Å². The van der Waals surface area contributed by atoms with E-state index in [2.05, 4.69) is 65.3 Å². The summed E-state index contributed by atoms with van der Waals surface area (Å²) in [7, 11) is 0. The van der Waals surface area contributed by atoms with Crippen LogP contribution in [0.5, 0.6) is 5.88 Å². The molecule has 0 bridgehead atoms. The second-order valence-electron chi connectivity index (χ2n) is 7.70. The third-order valence-electron chi connectivity index (χ3n) is 5.80. The molecule has 1 fully saturated rings. The molecule has 1 saturated heterocycles. The molecule has 4 nitrogen and oxygen atoms in total. The van der Waals surface area contributed by atoms with Gasteiger partial charge in [-0.1, -0.05) is 54.6 Å². The van der Waals surface area contributed by atoms with Gasteiger partial charge in [-0.15, -0.1) is 0 Å². The van der Waals surface area contributed by atoms with Gasteiger partial charge in [-0.3, -0.25) is 4.90 Å². The van der Waals surface area contributed by atoms with Gasteiger partial charge < -0.3 is 9.84 Å². The summed E-state index contributed by atoms with van der Waals surface area (Å²) >= 11 is 0. The van der Waals surface area contributed by atoms with Crippen molar-refractivity contribution in [3.63, 3.8) is 0 Å². The smallest absolute Gasteiger partial charge is 0.213 e. The Labute approximate surface area is 172 Å².